The molecule has 0 unspecified atom stereocenters. The lowest BCUT2D eigenvalue weighted by atomic mass is 10.0. The van der Waals surface area contributed by atoms with E-state index in [0.717, 1.165) is 5.56 Å². The predicted octanol–water partition coefficient (Wildman–Crippen LogP) is 2.86. The van der Waals surface area contributed by atoms with Gasteiger partial charge in [0.25, 0.3) is 0 Å². The van der Waals surface area contributed by atoms with Crippen LogP contribution in [0.2, 0.25) is 0 Å². The van der Waals surface area contributed by atoms with Crippen LogP contribution in [0.1, 0.15) is 21.7 Å². The Kier molecular flexibility index (Phi) is 2.74. The van der Waals surface area contributed by atoms with E-state index in [4.69, 9.17) is 16.6 Å². The van der Waals surface area contributed by atoms with Crippen LogP contribution >= 0.6 is 12.2 Å². The van der Waals surface area contributed by atoms with Gasteiger partial charge in [0.05, 0.1) is 6.26 Å². The molecule has 0 atom stereocenters. The number of hydrogen-bond acceptors (Lipinski definition) is 3. The summed E-state index contributed by atoms with van der Waals surface area (Å²) in [5, 5.41) is 1.50. The quantitative estimate of drug-likeness (QED) is 0.583. The molecule has 74 valence electrons. The molecular formula is C12H8O2S. The van der Waals surface area contributed by atoms with Gasteiger partial charge in [-0.3, -0.25) is 4.79 Å². The van der Waals surface area contributed by atoms with Crippen LogP contribution in [-0.4, -0.2) is 11.2 Å². The SMILES string of the molecule is O=C(c1ccco1)c1ccccc1C=S. The van der Waals surface area contributed by atoms with E-state index < -0.39 is 0 Å². The molecule has 0 N–H and O–H groups in total. The highest BCUT2D eigenvalue weighted by molar-refractivity contribution is 7.79. The summed E-state index contributed by atoms with van der Waals surface area (Å²) in [6.07, 6.45) is 1.48. The number of benzene rings is 1. The highest BCUT2D eigenvalue weighted by Crippen LogP contribution is 2.13. The summed E-state index contributed by atoms with van der Waals surface area (Å²) in [6, 6.07) is 10.5. The minimum atomic E-state index is -0.142. The number of thiocarbonyl (C=S) groups is 1. The maximum atomic E-state index is 11.9. The lowest BCUT2D eigenvalue weighted by Gasteiger charge is -2.01. The van der Waals surface area contributed by atoms with Gasteiger partial charge in [-0.1, -0.05) is 36.5 Å². The van der Waals surface area contributed by atoms with E-state index in [1.807, 2.05) is 12.1 Å². The summed E-state index contributed by atoms with van der Waals surface area (Å²) in [4.78, 5) is 11.9. The molecule has 0 fully saturated rings. The first-order valence-corrected chi connectivity index (χ1v) is 4.92. The first-order valence-electron chi connectivity index (χ1n) is 4.45. The number of rotatable bonds is 3. The Morgan fingerprint density at radius 3 is 2.67 bits per heavy atom. The Bertz CT molecular complexity index is 486. The van der Waals surface area contributed by atoms with Gasteiger partial charge in [0.15, 0.2) is 5.76 Å². The molecule has 1 aromatic carbocycles. The van der Waals surface area contributed by atoms with Gasteiger partial charge < -0.3 is 4.42 Å². The summed E-state index contributed by atoms with van der Waals surface area (Å²) >= 11 is 4.85. The summed E-state index contributed by atoms with van der Waals surface area (Å²) in [7, 11) is 0. The Morgan fingerprint density at radius 1 is 1.20 bits per heavy atom. The highest BCUT2D eigenvalue weighted by Gasteiger charge is 2.13. The van der Waals surface area contributed by atoms with Crippen molar-refractivity contribution in [3.8, 4) is 0 Å². The lowest BCUT2D eigenvalue weighted by molar-refractivity contribution is 0.101. The predicted molar refractivity (Wildman–Crippen MR) is 61.3 cm³/mol. The van der Waals surface area contributed by atoms with Crippen molar-refractivity contribution in [3.63, 3.8) is 0 Å². The second-order valence-electron chi connectivity index (χ2n) is 3.01. The highest BCUT2D eigenvalue weighted by atomic mass is 32.1. The van der Waals surface area contributed by atoms with Gasteiger partial charge in [-0.2, -0.15) is 0 Å². The number of carbonyl (C=O) groups excluding carboxylic acids is 1. The Hall–Kier alpha value is -1.74. The molecule has 0 bridgehead atoms. The molecule has 1 aromatic heterocycles. The third kappa shape index (κ3) is 1.87. The molecule has 15 heavy (non-hydrogen) atoms. The van der Waals surface area contributed by atoms with E-state index in [1.54, 1.807) is 24.3 Å². The second-order valence-corrected chi connectivity index (χ2v) is 3.25. The topological polar surface area (TPSA) is 30.2 Å². The summed E-state index contributed by atoms with van der Waals surface area (Å²) < 4.78 is 5.05. The van der Waals surface area contributed by atoms with Crippen molar-refractivity contribution in [1.29, 1.82) is 0 Å². The van der Waals surface area contributed by atoms with Crippen LogP contribution in [0.3, 0.4) is 0 Å². The van der Waals surface area contributed by atoms with Crippen molar-refractivity contribution < 1.29 is 9.21 Å². The third-order valence-electron chi connectivity index (χ3n) is 2.08. The maximum Gasteiger partial charge on any atom is 0.228 e. The van der Waals surface area contributed by atoms with Gasteiger partial charge in [0.2, 0.25) is 5.78 Å². The van der Waals surface area contributed by atoms with E-state index in [1.165, 1.54) is 11.6 Å². The van der Waals surface area contributed by atoms with E-state index in [2.05, 4.69) is 0 Å². The number of carbonyl (C=O) groups is 1. The normalized spacial score (nSPS) is 9.87. The van der Waals surface area contributed by atoms with Gasteiger partial charge >= 0.3 is 0 Å². The van der Waals surface area contributed by atoms with Gasteiger partial charge in [0, 0.05) is 10.9 Å². The molecule has 2 rings (SSSR count). The number of ketones is 1. The summed E-state index contributed by atoms with van der Waals surface area (Å²) in [5.74, 6) is 0.191. The zero-order chi connectivity index (χ0) is 10.7. The maximum absolute atomic E-state index is 11.9. The largest absolute Gasteiger partial charge is 0.461 e. The van der Waals surface area contributed by atoms with Crippen LogP contribution in [-0.2, 0) is 0 Å². The Balaban J connectivity index is 2.46. The van der Waals surface area contributed by atoms with Crippen molar-refractivity contribution in [2.75, 3.05) is 0 Å². The zero-order valence-electron chi connectivity index (χ0n) is 7.84. The third-order valence-corrected chi connectivity index (χ3v) is 2.33. The molecule has 0 saturated heterocycles. The van der Waals surface area contributed by atoms with E-state index in [9.17, 15) is 4.79 Å². The fourth-order valence-corrected chi connectivity index (χ4v) is 1.55. The first-order chi connectivity index (χ1) is 7.33. The second kappa shape index (κ2) is 4.19. The summed E-state index contributed by atoms with van der Waals surface area (Å²) in [6.45, 7) is 0. The van der Waals surface area contributed by atoms with Crippen LogP contribution in [0.15, 0.2) is 47.1 Å². The lowest BCUT2D eigenvalue weighted by Crippen LogP contribution is -2.03. The molecule has 0 spiro atoms. The molecular weight excluding hydrogens is 208 g/mol. The van der Waals surface area contributed by atoms with Crippen LogP contribution in [0, 0.1) is 0 Å². The fourth-order valence-electron chi connectivity index (χ4n) is 1.35. The van der Waals surface area contributed by atoms with Gasteiger partial charge in [-0.05, 0) is 17.7 Å². The average Bonchev–Trinajstić information content (AvgIpc) is 2.81. The molecule has 1 heterocycles. The molecule has 0 saturated carbocycles. The minimum absolute atomic E-state index is 0.142. The van der Waals surface area contributed by atoms with Crippen LogP contribution in [0.4, 0.5) is 0 Å². The van der Waals surface area contributed by atoms with Gasteiger partial charge in [0.1, 0.15) is 0 Å². The molecule has 0 aliphatic carbocycles. The molecule has 0 aliphatic heterocycles. The van der Waals surface area contributed by atoms with Crippen LogP contribution < -0.4 is 0 Å². The zero-order valence-corrected chi connectivity index (χ0v) is 8.66. The first kappa shape index (κ1) is 9.80. The minimum Gasteiger partial charge on any atom is -0.461 e. The van der Waals surface area contributed by atoms with Crippen molar-refractivity contribution in [3.05, 3.63) is 59.5 Å². The van der Waals surface area contributed by atoms with Crippen LogP contribution in [0.5, 0.6) is 0 Å². The number of hydrogen-bond donors (Lipinski definition) is 0. The summed E-state index contributed by atoms with van der Waals surface area (Å²) in [5.41, 5.74) is 1.32. The number of furan rings is 1. The van der Waals surface area contributed by atoms with E-state index in [-0.39, 0.29) is 5.78 Å². The smallest absolute Gasteiger partial charge is 0.228 e. The standard InChI is InChI=1S/C12H8O2S/c13-12(11-6-3-7-14-11)10-5-2-1-4-9(10)8-15/h1-8H. The molecule has 2 nitrogen and oxygen atoms in total. The van der Waals surface area contributed by atoms with E-state index in [0.29, 0.717) is 11.3 Å². The van der Waals surface area contributed by atoms with Gasteiger partial charge in [-0.25, -0.2) is 0 Å². The Labute approximate surface area is 92.5 Å². The Morgan fingerprint density at radius 2 is 2.00 bits per heavy atom. The van der Waals surface area contributed by atoms with Crippen molar-refractivity contribution in [2.45, 2.75) is 0 Å². The molecule has 2 aromatic rings. The van der Waals surface area contributed by atoms with Crippen LogP contribution in [0.25, 0.3) is 0 Å². The van der Waals surface area contributed by atoms with Gasteiger partial charge in [-0.15, -0.1) is 0 Å². The average molecular weight is 216 g/mol. The van der Waals surface area contributed by atoms with Crippen molar-refractivity contribution >= 4 is 23.4 Å². The van der Waals surface area contributed by atoms with E-state index >= 15 is 0 Å². The molecule has 0 radical (unpaired) electrons. The molecule has 0 aliphatic rings. The molecule has 3 heteroatoms. The van der Waals surface area contributed by atoms with Crippen molar-refractivity contribution in [1.82, 2.24) is 0 Å². The fraction of sp³-hybridized carbons (Fsp3) is 0. The van der Waals surface area contributed by atoms with Crippen molar-refractivity contribution in [2.24, 2.45) is 0 Å². The monoisotopic (exact) mass is 216 g/mol. The molecule has 0 amide bonds.